The number of carbonyl (C=O) groups excluding carboxylic acids is 2. The van der Waals surface area contributed by atoms with E-state index in [0.29, 0.717) is 16.9 Å². The van der Waals surface area contributed by atoms with Crippen LogP contribution in [0.5, 0.6) is 0 Å². The Hall–Kier alpha value is -2.86. The van der Waals surface area contributed by atoms with E-state index >= 15 is 0 Å². The van der Waals surface area contributed by atoms with Gasteiger partial charge in [0.25, 0.3) is 5.91 Å². The molecule has 0 aliphatic carbocycles. The number of hydrogen-bond acceptors (Lipinski definition) is 7. The average Bonchev–Trinajstić information content (AvgIpc) is 3.19. The number of aromatic nitrogens is 1. The summed E-state index contributed by atoms with van der Waals surface area (Å²) in [4.78, 5) is 29.9. The highest BCUT2D eigenvalue weighted by Gasteiger charge is 2.32. The van der Waals surface area contributed by atoms with Crippen LogP contribution in [-0.4, -0.2) is 61.1 Å². The van der Waals surface area contributed by atoms with E-state index in [0.717, 1.165) is 10.2 Å². The minimum atomic E-state index is -3.70. The Morgan fingerprint density at radius 1 is 1.06 bits per heavy atom. The molecule has 0 radical (unpaired) electrons. The van der Waals surface area contributed by atoms with Gasteiger partial charge in [-0.15, -0.1) is 0 Å². The molecule has 9 nitrogen and oxygen atoms in total. The Labute approximate surface area is 214 Å². The molecule has 36 heavy (non-hydrogen) atoms. The zero-order chi connectivity index (χ0) is 26.0. The van der Waals surface area contributed by atoms with Crippen molar-refractivity contribution < 1.29 is 27.5 Å². The second-order valence-electron chi connectivity index (χ2n) is 8.55. The number of rotatable bonds is 6. The molecule has 3 aromatic rings. The normalized spacial score (nSPS) is 19.5. The molecule has 11 heteroatoms. The highest BCUT2D eigenvalue weighted by Crippen LogP contribution is 2.23. The van der Waals surface area contributed by atoms with E-state index < -0.39 is 21.9 Å². The van der Waals surface area contributed by atoms with E-state index in [1.165, 1.54) is 39.9 Å². The Balaban J connectivity index is 1.61. The number of fused-ring (bicyclic) bond motifs is 1. The summed E-state index contributed by atoms with van der Waals surface area (Å²) in [5.74, 6) is -0.881. The third-order valence-electron chi connectivity index (χ3n) is 5.83. The van der Waals surface area contributed by atoms with Gasteiger partial charge in [-0.05, 0) is 70.2 Å². The van der Waals surface area contributed by atoms with Crippen LogP contribution in [0.2, 0.25) is 0 Å². The number of hydrogen-bond donors (Lipinski definition) is 0. The smallest absolute Gasteiger partial charge is 0.338 e. The van der Waals surface area contributed by atoms with Gasteiger partial charge in [-0.1, -0.05) is 11.3 Å². The summed E-state index contributed by atoms with van der Waals surface area (Å²) in [6, 6.07) is 11.1. The number of thiazole rings is 1. The summed E-state index contributed by atoms with van der Waals surface area (Å²) in [5, 5.41) is 0. The van der Waals surface area contributed by atoms with Gasteiger partial charge in [-0.2, -0.15) is 9.30 Å². The molecular formula is C25H29N3O6S2. The highest BCUT2D eigenvalue weighted by atomic mass is 32.2. The molecule has 1 amide bonds. The molecule has 192 valence electrons. The predicted octanol–water partition coefficient (Wildman–Crippen LogP) is 3.44. The molecule has 1 aliphatic heterocycles. The van der Waals surface area contributed by atoms with Crippen molar-refractivity contribution in [3.8, 4) is 0 Å². The molecule has 0 saturated carbocycles. The lowest BCUT2D eigenvalue weighted by Gasteiger charge is -2.34. The fourth-order valence-electron chi connectivity index (χ4n) is 4.20. The lowest BCUT2D eigenvalue weighted by molar-refractivity contribution is -0.0440. The third-order valence-corrected chi connectivity index (χ3v) is 8.72. The second-order valence-corrected chi connectivity index (χ2v) is 11.5. The summed E-state index contributed by atoms with van der Waals surface area (Å²) in [6.07, 6.45) is -0.383. The molecule has 1 aromatic heterocycles. The quantitative estimate of drug-likeness (QED) is 0.451. The summed E-state index contributed by atoms with van der Waals surface area (Å²) < 4.78 is 41.0. The molecule has 0 bridgehead atoms. The van der Waals surface area contributed by atoms with E-state index in [-0.39, 0.29) is 42.4 Å². The molecule has 1 saturated heterocycles. The van der Waals surface area contributed by atoms with E-state index in [2.05, 4.69) is 4.99 Å². The molecule has 1 fully saturated rings. The van der Waals surface area contributed by atoms with Crippen LogP contribution in [0.3, 0.4) is 0 Å². The van der Waals surface area contributed by atoms with Crippen molar-refractivity contribution >= 4 is 43.5 Å². The van der Waals surface area contributed by atoms with Crippen molar-refractivity contribution in [1.82, 2.24) is 8.87 Å². The molecule has 2 atom stereocenters. The van der Waals surface area contributed by atoms with E-state index in [4.69, 9.17) is 9.47 Å². The minimum absolute atomic E-state index is 0.123. The molecule has 0 N–H and O–H groups in total. The standard InChI is InChI=1S/C25H29N3O6S2/c1-5-28-21-12-9-19(24(30)33-6-2)13-22(21)35-25(28)26-23(29)18-7-10-20(11-8-18)36(31,32)27-14-16(3)34-17(4)15-27/h7-13,16-17H,5-6,14-15H2,1-4H3. The van der Waals surface area contributed by atoms with Gasteiger partial charge in [0.1, 0.15) is 0 Å². The largest absolute Gasteiger partial charge is 0.462 e. The molecule has 0 spiro atoms. The fourth-order valence-corrected chi connectivity index (χ4v) is 6.92. The highest BCUT2D eigenvalue weighted by molar-refractivity contribution is 7.89. The first-order chi connectivity index (χ1) is 17.1. The maximum atomic E-state index is 13.1. The van der Waals surface area contributed by atoms with Gasteiger partial charge in [0.05, 0.1) is 39.5 Å². The van der Waals surface area contributed by atoms with Crippen LogP contribution in [0.1, 0.15) is 48.4 Å². The summed E-state index contributed by atoms with van der Waals surface area (Å²) in [5.41, 5.74) is 1.58. The summed E-state index contributed by atoms with van der Waals surface area (Å²) >= 11 is 1.30. The number of nitrogens with zero attached hydrogens (tertiary/aromatic N) is 3. The van der Waals surface area contributed by atoms with Crippen molar-refractivity contribution in [2.45, 2.75) is 51.3 Å². The van der Waals surface area contributed by atoms with Gasteiger partial charge in [0.2, 0.25) is 10.0 Å². The number of amides is 1. The topological polar surface area (TPSA) is 107 Å². The number of sulfonamides is 1. The number of carbonyl (C=O) groups is 2. The Morgan fingerprint density at radius 3 is 2.31 bits per heavy atom. The molecule has 4 rings (SSSR count). The summed E-state index contributed by atoms with van der Waals surface area (Å²) in [6.45, 7) is 8.82. The van der Waals surface area contributed by atoms with Gasteiger partial charge in [0, 0.05) is 25.2 Å². The number of aryl methyl sites for hydroxylation is 1. The van der Waals surface area contributed by atoms with Crippen LogP contribution in [0.15, 0.2) is 52.4 Å². The Bertz CT molecular complexity index is 1450. The van der Waals surface area contributed by atoms with Crippen molar-refractivity contribution in [3.63, 3.8) is 0 Å². The number of ether oxygens (including phenoxy) is 2. The number of esters is 1. The van der Waals surface area contributed by atoms with Crippen LogP contribution in [0.25, 0.3) is 10.2 Å². The van der Waals surface area contributed by atoms with Gasteiger partial charge in [-0.25, -0.2) is 13.2 Å². The van der Waals surface area contributed by atoms with Crippen LogP contribution < -0.4 is 4.80 Å². The first kappa shape index (κ1) is 26.2. The fraction of sp³-hybridized carbons (Fsp3) is 0.400. The van der Waals surface area contributed by atoms with Crippen LogP contribution in [-0.2, 0) is 26.0 Å². The summed E-state index contributed by atoms with van der Waals surface area (Å²) in [7, 11) is -3.70. The van der Waals surface area contributed by atoms with Gasteiger partial charge >= 0.3 is 5.97 Å². The molecule has 2 aromatic carbocycles. The lowest BCUT2D eigenvalue weighted by atomic mass is 10.2. The third kappa shape index (κ3) is 5.29. The monoisotopic (exact) mass is 531 g/mol. The first-order valence-corrected chi connectivity index (χ1v) is 14.0. The SMILES string of the molecule is CCOC(=O)c1ccc2c(c1)sc(=NC(=O)c1ccc(S(=O)(=O)N3CC(C)OC(C)C3)cc1)n2CC. The van der Waals surface area contributed by atoms with Gasteiger partial charge in [0.15, 0.2) is 4.80 Å². The van der Waals surface area contributed by atoms with Crippen LogP contribution in [0, 0.1) is 0 Å². The Kier molecular flexibility index (Phi) is 7.74. The average molecular weight is 532 g/mol. The van der Waals surface area contributed by atoms with Crippen LogP contribution in [0.4, 0.5) is 0 Å². The minimum Gasteiger partial charge on any atom is -0.462 e. The zero-order valence-electron chi connectivity index (χ0n) is 20.6. The lowest BCUT2D eigenvalue weighted by Crippen LogP contribution is -2.48. The van der Waals surface area contributed by atoms with Gasteiger partial charge in [-0.3, -0.25) is 4.79 Å². The first-order valence-electron chi connectivity index (χ1n) is 11.8. The maximum Gasteiger partial charge on any atom is 0.338 e. The zero-order valence-corrected chi connectivity index (χ0v) is 22.3. The molecule has 1 aliphatic rings. The second kappa shape index (κ2) is 10.6. The van der Waals surface area contributed by atoms with E-state index in [1.54, 1.807) is 19.1 Å². The van der Waals surface area contributed by atoms with Gasteiger partial charge < -0.3 is 14.0 Å². The van der Waals surface area contributed by atoms with E-state index in [1.807, 2.05) is 31.4 Å². The van der Waals surface area contributed by atoms with Crippen LogP contribution >= 0.6 is 11.3 Å². The number of benzene rings is 2. The van der Waals surface area contributed by atoms with Crippen molar-refractivity contribution in [2.24, 2.45) is 4.99 Å². The van der Waals surface area contributed by atoms with Crippen molar-refractivity contribution in [2.75, 3.05) is 19.7 Å². The van der Waals surface area contributed by atoms with Crippen molar-refractivity contribution in [1.29, 1.82) is 0 Å². The molecule has 2 unspecified atom stereocenters. The van der Waals surface area contributed by atoms with E-state index in [9.17, 15) is 18.0 Å². The number of morpholine rings is 1. The Morgan fingerprint density at radius 2 is 1.69 bits per heavy atom. The maximum absolute atomic E-state index is 13.1. The molecule has 2 heterocycles. The predicted molar refractivity (Wildman–Crippen MR) is 137 cm³/mol. The van der Waals surface area contributed by atoms with Crippen molar-refractivity contribution in [3.05, 3.63) is 58.4 Å². The molecular weight excluding hydrogens is 502 g/mol.